The van der Waals surface area contributed by atoms with Gasteiger partial charge in [0.15, 0.2) is 0 Å². The van der Waals surface area contributed by atoms with Crippen LogP contribution < -0.4 is 10.0 Å². The molecule has 0 saturated heterocycles. The van der Waals surface area contributed by atoms with Gasteiger partial charge >= 0.3 is 0 Å². The first-order chi connectivity index (χ1) is 9.07. The fourth-order valence-corrected chi connectivity index (χ4v) is 3.17. The first-order valence-electron chi connectivity index (χ1n) is 6.32. The van der Waals surface area contributed by atoms with Gasteiger partial charge in [0, 0.05) is 18.8 Å². The van der Waals surface area contributed by atoms with Crippen molar-refractivity contribution < 1.29 is 8.42 Å². The largest absolute Gasteiger partial charge is 0.313 e. The van der Waals surface area contributed by atoms with Gasteiger partial charge in [0.25, 0.3) is 0 Å². The SMILES string of the molecule is CCNCc1ccc(CS(=O)(=O)NCCSC)cc1. The van der Waals surface area contributed by atoms with E-state index in [2.05, 4.69) is 17.0 Å². The number of nitrogens with one attached hydrogen (secondary N) is 2. The maximum Gasteiger partial charge on any atom is 0.215 e. The number of thioether (sulfide) groups is 1. The van der Waals surface area contributed by atoms with E-state index in [0.717, 1.165) is 24.4 Å². The van der Waals surface area contributed by atoms with Gasteiger partial charge < -0.3 is 5.32 Å². The zero-order chi connectivity index (χ0) is 14.1. The minimum atomic E-state index is -3.22. The van der Waals surface area contributed by atoms with Crippen molar-refractivity contribution in [3.63, 3.8) is 0 Å². The van der Waals surface area contributed by atoms with Crippen molar-refractivity contribution in [3.8, 4) is 0 Å². The average molecular weight is 302 g/mol. The summed E-state index contributed by atoms with van der Waals surface area (Å²) < 4.78 is 26.2. The number of sulfonamides is 1. The second-order valence-corrected chi connectivity index (χ2v) is 7.04. The van der Waals surface area contributed by atoms with Crippen LogP contribution in [-0.2, 0) is 22.3 Å². The van der Waals surface area contributed by atoms with Crippen LogP contribution in [0.5, 0.6) is 0 Å². The normalized spacial score (nSPS) is 11.7. The third-order valence-electron chi connectivity index (χ3n) is 2.59. The van der Waals surface area contributed by atoms with Gasteiger partial charge in [0.2, 0.25) is 10.0 Å². The average Bonchev–Trinajstić information content (AvgIpc) is 2.38. The first kappa shape index (κ1) is 16.5. The van der Waals surface area contributed by atoms with Crippen LogP contribution in [0.4, 0.5) is 0 Å². The Hall–Kier alpha value is -0.560. The van der Waals surface area contributed by atoms with Crippen LogP contribution in [0.15, 0.2) is 24.3 Å². The van der Waals surface area contributed by atoms with E-state index < -0.39 is 10.0 Å². The summed E-state index contributed by atoms with van der Waals surface area (Å²) in [6, 6.07) is 7.69. The molecule has 0 aliphatic heterocycles. The van der Waals surface area contributed by atoms with Gasteiger partial charge in [-0.25, -0.2) is 13.1 Å². The lowest BCUT2D eigenvalue weighted by molar-refractivity contribution is 0.583. The molecule has 0 spiro atoms. The Balaban J connectivity index is 2.52. The molecule has 0 aromatic heterocycles. The number of hydrogen-bond acceptors (Lipinski definition) is 4. The quantitative estimate of drug-likeness (QED) is 0.680. The Labute approximate surface area is 120 Å². The van der Waals surface area contributed by atoms with Gasteiger partial charge in [0.05, 0.1) is 5.75 Å². The molecule has 0 saturated carbocycles. The predicted molar refractivity (Wildman–Crippen MR) is 82.8 cm³/mol. The summed E-state index contributed by atoms with van der Waals surface area (Å²) in [4.78, 5) is 0. The van der Waals surface area contributed by atoms with Crippen molar-refractivity contribution in [3.05, 3.63) is 35.4 Å². The zero-order valence-electron chi connectivity index (χ0n) is 11.5. The molecule has 1 aromatic carbocycles. The lowest BCUT2D eigenvalue weighted by Gasteiger charge is -2.07. The second kappa shape index (κ2) is 8.58. The van der Waals surface area contributed by atoms with Crippen molar-refractivity contribution >= 4 is 21.8 Å². The molecule has 0 unspecified atom stereocenters. The van der Waals surface area contributed by atoms with Crippen LogP contribution in [0, 0.1) is 0 Å². The van der Waals surface area contributed by atoms with Crippen molar-refractivity contribution in [2.45, 2.75) is 19.2 Å². The monoisotopic (exact) mass is 302 g/mol. The molecule has 0 aliphatic carbocycles. The summed E-state index contributed by atoms with van der Waals surface area (Å²) in [7, 11) is -3.22. The molecule has 0 aliphatic rings. The number of hydrogen-bond donors (Lipinski definition) is 2. The minimum Gasteiger partial charge on any atom is -0.313 e. The Morgan fingerprint density at radius 2 is 1.79 bits per heavy atom. The molecule has 0 amide bonds. The van der Waals surface area contributed by atoms with E-state index in [1.165, 1.54) is 5.56 Å². The second-order valence-electron chi connectivity index (χ2n) is 4.24. The zero-order valence-corrected chi connectivity index (χ0v) is 13.1. The maximum atomic E-state index is 11.8. The van der Waals surface area contributed by atoms with Crippen molar-refractivity contribution in [2.75, 3.05) is 25.1 Å². The van der Waals surface area contributed by atoms with E-state index in [-0.39, 0.29) is 5.75 Å². The molecule has 6 heteroatoms. The highest BCUT2D eigenvalue weighted by Gasteiger charge is 2.10. The molecule has 0 heterocycles. The highest BCUT2D eigenvalue weighted by molar-refractivity contribution is 7.98. The van der Waals surface area contributed by atoms with Crippen molar-refractivity contribution in [1.82, 2.24) is 10.0 Å². The maximum absolute atomic E-state index is 11.8. The summed E-state index contributed by atoms with van der Waals surface area (Å²) in [5.74, 6) is 0.837. The van der Waals surface area contributed by atoms with Gasteiger partial charge in [-0.15, -0.1) is 0 Å². The van der Waals surface area contributed by atoms with Crippen LogP contribution in [0.2, 0.25) is 0 Å². The molecule has 0 bridgehead atoms. The molecule has 0 radical (unpaired) electrons. The minimum absolute atomic E-state index is 0.0445. The first-order valence-corrected chi connectivity index (χ1v) is 9.37. The predicted octanol–water partition coefficient (Wildman–Crippen LogP) is 1.58. The fourth-order valence-electron chi connectivity index (χ4n) is 1.59. The van der Waals surface area contributed by atoms with Crippen LogP contribution in [-0.4, -0.2) is 33.5 Å². The summed E-state index contributed by atoms with van der Waals surface area (Å²) in [6.07, 6.45) is 1.96. The van der Waals surface area contributed by atoms with E-state index in [9.17, 15) is 8.42 Å². The van der Waals surface area contributed by atoms with Gasteiger partial charge in [-0.05, 0) is 23.9 Å². The van der Waals surface area contributed by atoms with Crippen LogP contribution >= 0.6 is 11.8 Å². The Kier molecular flexibility index (Phi) is 7.45. The topological polar surface area (TPSA) is 58.2 Å². The Morgan fingerprint density at radius 1 is 1.16 bits per heavy atom. The molecule has 4 nitrogen and oxygen atoms in total. The highest BCUT2D eigenvalue weighted by atomic mass is 32.2. The standard InChI is InChI=1S/C13H22N2O2S2/c1-3-14-10-12-4-6-13(7-5-12)11-19(16,17)15-8-9-18-2/h4-7,14-15H,3,8-11H2,1-2H3. The van der Waals surface area contributed by atoms with E-state index in [4.69, 9.17) is 0 Å². The van der Waals surface area contributed by atoms with E-state index >= 15 is 0 Å². The molecular formula is C13H22N2O2S2. The fraction of sp³-hybridized carbons (Fsp3) is 0.538. The lowest BCUT2D eigenvalue weighted by Crippen LogP contribution is -2.27. The summed E-state index contributed by atoms with van der Waals surface area (Å²) in [5.41, 5.74) is 1.98. The molecule has 0 fully saturated rings. The summed E-state index contributed by atoms with van der Waals surface area (Å²) >= 11 is 1.62. The van der Waals surface area contributed by atoms with Crippen molar-refractivity contribution in [2.24, 2.45) is 0 Å². The Morgan fingerprint density at radius 3 is 2.37 bits per heavy atom. The molecular weight excluding hydrogens is 280 g/mol. The van der Waals surface area contributed by atoms with Gasteiger partial charge in [-0.3, -0.25) is 0 Å². The summed E-state index contributed by atoms with van der Waals surface area (Å²) in [6.45, 7) is 4.29. The molecule has 1 rings (SSSR count). The molecule has 0 atom stereocenters. The Bertz CT molecular complexity index is 458. The number of rotatable bonds is 9. The van der Waals surface area contributed by atoms with Gasteiger partial charge in [-0.1, -0.05) is 31.2 Å². The third-order valence-corrected chi connectivity index (χ3v) is 4.56. The van der Waals surface area contributed by atoms with Crippen LogP contribution in [0.25, 0.3) is 0 Å². The number of benzene rings is 1. The lowest BCUT2D eigenvalue weighted by atomic mass is 10.1. The van der Waals surface area contributed by atoms with E-state index in [1.807, 2.05) is 30.5 Å². The van der Waals surface area contributed by atoms with Crippen molar-refractivity contribution in [1.29, 1.82) is 0 Å². The molecule has 2 N–H and O–H groups in total. The highest BCUT2D eigenvalue weighted by Crippen LogP contribution is 2.08. The molecule has 108 valence electrons. The van der Waals surface area contributed by atoms with E-state index in [1.54, 1.807) is 11.8 Å². The summed E-state index contributed by atoms with van der Waals surface area (Å²) in [5, 5.41) is 3.23. The van der Waals surface area contributed by atoms with Crippen LogP contribution in [0.3, 0.4) is 0 Å². The van der Waals surface area contributed by atoms with Gasteiger partial charge in [-0.2, -0.15) is 11.8 Å². The van der Waals surface area contributed by atoms with E-state index in [0.29, 0.717) is 6.54 Å². The smallest absolute Gasteiger partial charge is 0.215 e. The molecule has 19 heavy (non-hydrogen) atoms. The third kappa shape index (κ3) is 6.96. The van der Waals surface area contributed by atoms with Gasteiger partial charge in [0.1, 0.15) is 0 Å². The van der Waals surface area contributed by atoms with Crippen LogP contribution in [0.1, 0.15) is 18.1 Å². The molecule has 1 aromatic rings.